The fraction of sp³-hybridized carbons (Fsp3) is 0.542. The van der Waals surface area contributed by atoms with Gasteiger partial charge in [-0.25, -0.2) is 4.98 Å². The van der Waals surface area contributed by atoms with E-state index in [1.54, 1.807) is 4.90 Å². The predicted octanol–water partition coefficient (Wildman–Crippen LogP) is 3.60. The Balaban J connectivity index is 1.64. The van der Waals surface area contributed by atoms with Crippen LogP contribution in [-0.2, 0) is 16.0 Å². The van der Waals surface area contributed by atoms with Crippen LogP contribution in [0.2, 0.25) is 0 Å². The lowest BCUT2D eigenvalue weighted by Crippen LogP contribution is -2.45. The molecule has 2 amide bonds. The molecule has 1 aliphatic rings. The number of benzene rings is 1. The molecule has 1 N–H and O–H groups in total. The van der Waals surface area contributed by atoms with Crippen molar-refractivity contribution in [1.29, 1.82) is 0 Å². The van der Waals surface area contributed by atoms with Crippen LogP contribution in [0, 0.1) is 6.92 Å². The summed E-state index contributed by atoms with van der Waals surface area (Å²) in [5.41, 5.74) is 2.72. The number of unbranched alkanes of at least 4 members (excludes halogenated alkanes) is 2. The second kappa shape index (κ2) is 12.7. The van der Waals surface area contributed by atoms with Crippen molar-refractivity contribution in [2.24, 2.45) is 0 Å². The predicted molar refractivity (Wildman–Crippen MR) is 128 cm³/mol. The van der Waals surface area contributed by atoms with Crippen molar-refractivity contribution in [3.63, 3.8) is 0 Å². The third kappa shape index (κ3) is 7.69. The van der Waals surface area contributed by atoms with Crippen molar-refractivity contribution >= 4 is 28.3 Å². The second-order valence-electron chi connectivity index (χ2n) is 8.18. The molecule has 1 fully saturated rings. The summed E-state index contributed by atoms with van der Waals surface area (Å²) in [6, 6.07) is 7.82. The molecule has 1 aliphatic heterocycles. The van der Waals surface area contributed by atoms with Gasteiger partial charge in [-0.05, 0) is 37.5 Å². The molecule has 0 unspecified atom stereocenters. The maximum absolute atomic E-state index is 13.3. The molecule has 8 heteroatoms. The molecule has 0 bridgehead atoms. The molecule has 174 valence electrons. The van der Waals surface area contributed by atoms with E-state index in [9.17, 15) is 9.59 Å². The standard InChI is InChI=1S/C24H34N4O3S/c1-3-4-5-6-20-7-9-21(10-8-20)23(30)28(12-11-27-13-15-31-16-14-27)17-22(29)26-24-25-19(2)18-32-24/h7-10,18H,3-6,11-17H2,1-2H3,(H,25,26,29). The van der Waals surface area contributed by atoms with E-state index in [0.29, 0.717) is 37.0 Å². The van der Waals surface area contributed by atoms with Crippen LogP contribution in [0.3, 0.4) is 0 Å². The molecule has 7 nitrogen and oxygen atoms in total. The van der Waals surface area contributed by atoms with Crippen LogP contribution < -0.4 is 5.32 Å². The van der Waals surface area contributed by atoms with Crippen LogP contribution in [0.15, 0.2) is 29.6 Å². The van der Waals surface area contributed by atoms with Crippen molar-refractivity contribution in [3.8, 4) is 0 Å². The number of nitrogens with one attached hydrogen (secondary N) is 1. The number of morpholine rings is 1. The smallest absolute Gasteiger partial charge is 0.254 e. The summed E-state index contributed by atoms with van der Waals surface area (Å²) in [4.78, 5) is 34.1. The van der Waals surface area contributed by atoms with Crippen molar-refractivity contribution in [1.82, 2.24) is 14.8 Å². The van der Waals surface area contributed by atoms with Gasteiger partial charge in [0.1, 0.15) is 6.54 Å². The molecule has 2 aromatic rings. The summed E-state index contributed by atoms with van der Waals surface area (Å²) < 4.78 is 5.41. The number of anilines is 1. The number of hydrogen-bond acceptors (Lipinski definition) is 6. The van der Waals surface area contributed by atoms with Crippen LogP contribution in [0.1, 0.15) is 47.8 Å². The number of aromatic nitrogens is 1. The van der Waals surface area contributed by atoms with Gasteiger partial charge in [0, 0.05) is 37.1 Å². The third-order valence-electron chi connectivity index (χ3n) is 5.55. The Labute approximate surface area is 194 Å². The van der Waals surface area contributed by atoms with Crippen LogP contribution in [0.4, 0.5) is 5.13 Å². The molecule has 0 atom stereocenters. The van der Waals surface area contributed by atoms with Crippen molar-refractivity contribution in [2.45, 2.75) is 39.5 Å². The zero-order valence-electron chi connectivity index (χ0n) is 19.1. The highest BCUT2D eigenvalue weighted by atomic mass is 32.1. The molecule has 1 aromatic heterocycles. The van der Waals surface area contributed by atoms with Gasteiger partial charge in [0.2, 0.25) is 5.91 Å². The Morgan fingerprint density at radius 3 is 2.59 bits per heavy atom. The highest BCUT2D eigenvalue weighted by Crippen LogP contribution is 2.15. The first-order valence-corrected chi connectivity index (χ1v) is 12.3. The minimum absolute atomic E-state index is 0.0000520. The topological polar surface area (TPSA) is 74.8 Å². The zero-order valence-corrected chi connectivity index (χ0v) is 20.0. The molecule has 0 saturated carbocycles. The lowest BCUT2D eigenvalue weighted by Gasteiger charge is -2.30. The summed E-state index contributed by atoms with van der Waals surface area (Å²) in [6.07, 6.45) is 4.59. The molecule has 1 saturated heterocycles. The molecule has 32 heavy (non-hydrogen) atoms. The number of carbonyl (C=O) groups excluding carboxylic acids is 2. The highest BCUT2D eigenvalue weighted by molar-refractivity contribution is 7.13. The van der Waals surface area contributed by atoms with Gasteiger partial charge < -0.3 is 15.0 Å². The molecule has 0 spiro atoms. The van der Waals surface area contributed by atoms with Gasteiger partial charge in [0.05, 0.1) is 18.9 Å². The lowest BCUT2D eigenvalue weighted by molar-refractivity contribution is -0.117. The van der Waals surface area contributed by atoms with E-state index in [-0.39, 0.29) is 18.4 Å². The average molecular weight is 459 g/mol. The molecular weight excluding hydrogens is 424 g/mol. The van der Waals surface area contributed by atoms with Crippen molar-refractivity contribution < 1.29 is 14.3 Å². The molecule has 0 aliphatic carbocycles. The molecule has 2 heterocycles. The maximum atomic E-state index is 13.3. The van der Waals surface area contributed by atoms with E-state index in [1.807, 2.05) is 36.6 Å². The molecule has 1 aromatic carbocycles. The molecule has 3 rings (SSSR count). The van der Waals surface area contributed by atoms with Gasteiger partial charge in [-0.1, -0.05) is 31.9 Å². The van der Waals surface area contributed by atoms with Gasteiger partial charge in [0.15, 0.2) is 5.13 Å². The minimum atomic E-state index is -0.231. The van der Waals surface area contributed by atoms with Gasteiger partial charge in [-0.2, -0.15) is 0 Å². The number of hydrogen-bond donors (Lipinski definition) is 1. The van der Waals surface area contributed by atoms with Crippen LogP contribution in [0.5, 0.6) is 0 Å². The Morgan fingerprint density at radius 2 is 1.94 bits per heavy atom. The normalized spacial score (nSPS) is 14.3. The van der Waals surface area contributed by atoms with Gasteiger partial charge >= 0.3 is 0 Å². The number of aryl methyl sites for hydroxylation is 2. The first-order chi connectivity index (χ1) is 15.5. The summed E-state index contributed by atoms with van der Waals surface area (Å²) in [7, 11) is 0. The highest BCUT2D eigenvalue weighted by Gasteiger charge is 2.21. The van der Waals surface area contributed by atoms with E-state index >= 15 is 0 Å². The maximum Gasteiger partial charge on any atom is 0.254 e. The Hall–Kier alpha value is -2.29. The van der Waals surface area contributed by atoms with Gasteiger partial charge in [-0.15, -0.1) is 11.3 Å². The van der Waals surface area contributed by atoms with Crippen molar-refractivity contribution in [3.05, 3.63) is 46.5 Å². The Morgan fingerprint density at radius 1 is 1.19 bits per heavy atom. The van der Waals surface area contributed by atoms with Crippen molar-refractivity contribution in [2.75, 3.05) is 51.3 Å². The van der Waals surface area contributed by atoms with Crippen LogP contribution >= 0.6 is 11.3 Å². The molecular formula is C24H34N4O3S. The molecule has 0 radical (unpaired) electrons. The number of nitrogens with zero attached hydrogens (tertiary/aromatic N) is 3. The van der Waals surface area contributed by atoms with E-state index in [4.69, 9.17) is 4.74 Å². The van der Waals surface area contributed by atoms with E-state index in [2.05, 4.69) is 22.1 Å². The van der Waals surface area contributed by atoms with Gasteiger partial charge in [0.25, 0.3) is 5.91 Å². The first kappa shape index (κ1) is 24.4. The van der Waals surface area contributed by atoms with Gasteiger partial charge in [-0.3, -0.25) is 14.5 Å². The number of ether oxygens (including phenoxy) is 1. The lowest BCUT2D eigenvalue weighted by atomic mass is 10.0. The summed E-state index contributed by atoms with van der Waals surface area (Å²) in [5.74, 6) is -0.352. The summed E-state index contributed by atoms with van der Waals surface area (Å²) in [5, 5.41) is 5.26. The summed E-state index contributed by atoms with van der Waals surface area (Å²) >= 11 is 1.39. The van der Waals surface area contributed by atoms with Crippen LogP contribution in [-0.4, -0.2) is 72.5 Å². The van der Waals surface area contributed by atoms with E-state index in [1.165, 1.54) is 29.7 Å². The number of amides is 2. The largest absolute Gasteiger partial charge is 0.379 e. The summed E-state index contributed by atoms with van der Waals surface area (Å²) in [6.45, 7) is 8.39. The van der Waals surface area contributed by atoms with E-state index < -0.39 is 0 Å². The Bertz CT molecular complexity index is 862. The first-order valence-electron chi connectivity index (χ1n) is 11.5. The Kier molecular flexibility index (Phi) is 9.64. The van der Waals surface area contributed by atoms with Crippen LogP contribution in [0.25, 0.3) is 0 Å². The number of thiazole rings is 1. The average Bonchev–Trinajstić information content (AvgIpc) is 3.21. The fourth-order valence-corrected chi connectivity index (χ4v) is 4.36. The van der Waals surface area contributed by atoms with E-state index in [0.717, 1.165) is 31.6 Å². The fourth-order valence-electron chi connectivity index (χ4n) is 3.66. The second-order valence-corrected chi connectivity index (χ2v) is 9.04. The monoisotopic (exact) mass is 458 g/mol. The third-order valence-corrected chi connectivity index (χ3v) is 6.42. The number of rotatable bonds is 11. The minimum Gasteiger partial charge on any atom is -0.379 e. The quantitative estimate of drug-likeness (QED) is 0.521. The zero-order chi connectivity index (χ0) is 22.8. The SMILES string of the molecule is CCCCCc1ccc(C(=O)N(CCN2CCOCC2)CC(=O)Nc2nc(C)cs2)cc1. The number of carbonyl (C=O) groups is 2.